The second kappa shape index (κ2) is 19.5. The summed E-state index contributed by atoms with van der Waals surface area (Å²) in [6.07, 6.45) is 1.82. The summed E-state index contributed by atoms with van der Waals surface area (Å²) < 4.78 is 67.7. The first kappa shape index (κ1) is 44.4. The Balaban J connectivity index is 0.000000173. The molecule has 2 atom stereocenters. The molecule has 4 aliphatic rings. The zero-order chi connectivity index (χ0) is 42.3. The van der Waals surface area contributed by atoms with Gasteiger partial charge in [0.05, 0.1) is 36.8 Å². The van der Waals surface area contributed by atoms with E-state index in [2.05, 4.69) is 52.9 Å². The number of ether oxygens (including phenoxy) is 2. The van der Waals surface area contributed by atoms with Crippen LogP contribution in [0.15, 0.2) is 24.3 Å². The molecular formula is C40H57ClF4N12O2. The van der Waals surface area contributed by atoms with Crippen molar-refractivity contribution in [2.45, 2.75) is 129 Å². The molecule has 8 rings (SSSR count). The number of halogens is 5. The van der Waals surface area contributed by atoms with Crippen molar-refractivity contribution >= 4 is 29.1 Å². The maximum Gasteiger partial charge on any atom is 0.254 e. The second-order valence-corrected chi connectivity index (χ2v) is 16.4. The summed E-state index contributed by atoms with van der Waals surface area (Å²) in [6, 6.07) is 7.34. The second-order valence-electron chi connectivity index (χ2n) is 16.0. The largest absolute Gasteiger partial charge is 0.376 e. The minimum atomic E-state index is -2.55. The van der Waals surface area contributed by atoms with Gasteiger partial charge in [-0.3, -0.25) is 0 Å². The number of alkyl halides is 4. The Labute approximate surface area is 348 Å². The molecule has 0 radical (unpaired) electrons. The Morgan fingerprint density at radius 1 is 0.695 bits per heavy atom. The van der Waals surface area contributed by atoms with Crippen LogP contribution in [-0.4, -0.2) is 115 Å². The van der Waals surface area contributed by atoms with Crippen LogP contribution in [0.2, 0.25) is 5.15 Å². The highest BCUT2D eigenvalue weighted by Crippen LogP contribution is 2.35. The normalized spacial score (nSPS) is 22.1. The van der Waals surface area contributed by atoms with E-state index in [9.17, 15) is 17.6 Å². The van der Waals surface area contributed by atoms with Crippen LogP contribution in [-0.2, 0) is 9.47 Å². The molecule has 4 aromatic rings. The van der Waals surface area contributed by atoms with Crippen molar-refractivity contribution in [1.82, 2.24) is 44.8 Å². The first-order valence-corrected chi connectivity index (χ1v) is 20.9. The van der Waals surface area contributed by atoms with Gasteiger partial charge in [0.1, 0.15) is 22.6 Å². The number of anilines is 3. The summed E-state index contributed by atoms with van der Waals surface area (Å²) in [5, 5.41) is 18.9. The molecule has 2 aliphatic heterocycles. The molecule has 2 aliphatic carbocycles. The van der Waals surface area contributed by atoms with Gasteiger partial charge in [0, 0.05) is 87.5 Å². The standard InChI is InChI=1S/C20H28F2N6O.C15H18ClF2N5.C5H11NO/c1-13-10-14(2)28(26-13)19-24-17(23-16-4-6-20(21,22)7-5-16)11-18(25-19)27-8-9-29-15(3)12-27;1-9-7-10(2)23(22-9)14-20-12(16)8-13(21-14)19-11-3-5-15(17,18)6-4-11;1-5-4-6-2-3-7-5/h10-11,15-16H,4-9,12H2,1-3H3,(H,23,24,25);7-8,11H,3-6H2,1-2H3,(H,19,20,21);5-6H,2-4H2,1H3. The maximum atomic E-state index is 13.5. The third-order valence-electron chi connectivity index (χ3n) is 10.6. The molecule has 4 aromatic heterocycles. The number of nitrogens with one attached hydrogen (secondary N) is 3. The van der Waals surface area contributed by atoms with Crippen LogP contribution in [0.4, 0.5) is 35.0 Å². The Morgan fingerprint density at radius 2 is 1.20 bits per heavy atom. The van der Waals surface area contributed by atoms with Crippen molar-refractivity contribution in [2.24, 2.45) is 0 Å². The van der Waals surface area contributed by atoms with Gasteiger partial charge in [-0.25, -0.2) is 26.9 Å². The zero-order valence-electron chi connectivity index (χ0n) is 34.7. The van der Waals surface area contributed by atoms with Gasteiger partial charge in [-0.2, -0.15) is 30.1 Å². The number of hydrogen-bond acceptors (Lipinski definition) is 12. The highest BCUT2D eigenvalue weighted by Gasteiger charge is 2.36. The van der Waals surface area contributed by atoms with Crippen molar-refractivity contribution in [2.75, 3.05) is 54.9 Å². The van der Waals surface area contributed by atoms with Crippen LogP contribution in [0.1, 0.15) is 88.0 Å². The zero-order valence-corrected chi connectivity index (χ0v) is 35.5. The Morgan fingerprint density at radius 3 is 1.64 bits per heavy atom. The van der Waals surface area contributed by atoms with Crippen LogP contribution in [0.3, 0.4) is 0 Å². The molecule has 324 valence electrons. The third-order valence-corrected chi connectivity index (χ3v) is 10.8. The molecule has 4 fully saturated rings. The summed E-state index contributed by atoms with van der Waals surface area (Å²) in [6.45, 7) is 16.8. The van der Waals surface area contributed by atoms with Crippen molar-refractivity contribution < 1.29 is 27.0 Å². The summed E-state index contributed by atoms with van der Waals surface area (Å²) in [5.41, 5.74) is 3.59. The lowest BCUT2D eigenvalue weighted by atomic mass is 9.92. The van der Waals surface area contributed by atoms with E-state index in [0.717, 1.165) is 61.4 Å². The first-order chi connectivity index (χ1) is 28.0. The molecule has 59 heavy (non-hydrogen) atoms. The lowest BCUT2D eigenvalue weighted by molar-refractivity contribution is -0.0366. The number of aryl methyl sites for hydroxylation is 4. The van der Waals surface area contributed by atoms with Gasteiger partial charge in [0.15, 0.2) is 0 Å². The van der Waals surface area contributed by atoms with Crippen molar-refractivity contribution in [3.63, 3.8) is 0 Å². The number of hydrogen-bond donors (Lipinski definition) is 3. The third kappa shape index (κ3) is 12.9. The van der Waals surface area contributed by atoms with E-state index in [1.165, 1.54) is 0 Å². The summed E-state index contributed by atoms with van der Waals surface area (Å²) in [5.74, 6) is -2.27. The van der Waals surface area contributed by atoms with Gasteiger partial charge in [0.2, 0.25) is 11.8 Å². The predicted octanol–water partition coefficient (Wildman–Crippen LogP) is 7.41. The lowest BCUT2D eigenvalue weighted by Crippen LogP contribution is -2.41. The molecule has 2 saturated carbocycles. The molecular weight excluding hydrogens is 792 g/mol. The minimum absolute atomic E-state index is 0.0192. The quantitative estimate of drug-likeness (QED) is 0.126. The SMILES string of the molecule is CC1CNCCO1.Cc1cc(C)n(-c2nc(Cl)cc(NC3CCC(F)(F)CC3)n2)n1.Cc1cc(C)n(-c2nc(NC3CCC(F)(F)CC3)cc(N3CCOC(C)C3)n2)n1. The highest BCUT2D eigenvalue weighted by atomic mass is 35.5. The van der Waals surface area contributed by atoms with Gasteiger partial charge in [-0.1, -0.05) is 11.6 Å². The fourth-order valence-corrected chi connectivity index (χ4v) is 7.68. The van der Waals surface area contributed by atoms with E-state index in [1.54, 1.807) is 15.4 Å². The Hall–Kier alpha value is -4.13. The van der Waals surface area contributed by atoms with Crippen molar-refractivity contribution in [1.29, 1.82) is 0 Å². The Bertz CT molecular complexity index is 1970. The number of rotatable bonds is 7. The van der Waals surface area contributed by atoms with E-state index in [0.29, 0.717) is 61.9 Å². The van der Waals surface area contributed by atoms with Gasteiger partial charge >= 0.3 is 0 Å². The topological polar surface area (TPSA) is 145 Å². The van der Waals surface area contributed by atoms with Crippen LogP contribution < -0.4 is 20.9 Å². The van der Waals surface area contributed by atoms with Gasteiger partial charge in [-0.05, 0) is 79.4 Å². The molecule has 19 heteroatoms. The van der Waals surface area contributed by atoms with Crippen LogP contribution in [0.5, 0.6) is 0 Å². The number of nitrogens with zero attached hydrogens (tertiary/aromatic N) is 9. The van der Waals surface area contributed by atoms with E-state index in [-0.39, 0.29) is 49.0 Å². The number of aromatic nitrogens is 8. The maximum absolute atomic E-state index is 13.5. The molecule has 2 unspecified atom stereocenters. The highest BCUT2D eigenvalue weighted by molar-refractivity contribution is 6.29. The number of morpholine rings is 2. The summed E-state index contributed by atoms with van der Waals surface area (Å²) in [4.78, 5) is 20.2. The van der Waals surface area contributed by atoms with Crippen molar-refractivity contribution in [3.8, 4) is 11.9 Å². The van der Waals surface area contributed by atoms with Crippen LogP contribution in [0, 0.1) is 27.7 Å². The van der Waals surface area contributed by atoms with E-state index in [4.69, 9.17) is 26.1 Å². The average Bonchev–Trinajstić information content (AvgIpc) is 3.71. The fourth-order valence-electron chi connectivity index (χ4n) is 7.50. The summed E-state index contributed by atoms with van der Waals surface area (Å²) in [7, 11) is 0. The first-order valence-electron chi connectivity index (χ1n) is 20.5. The van der Waals surface area contributed by atoms with E-state index < -0.39 is 11.8 Å². The average molecular weight is 849 g/mol. The molecule has 0 spiro atoms. The van der Waals surface area contributed by atoms with Gasteiger partial charge in [-0.15, -0.1) is 0 Å². The molecule has 0 aromatic carbocycles. The van der Waals surface area contributed by atoms with Gasteiger partial charge < -0.3 is 30.3 Å². The lowest BCUT2D eigenvalue weighted by Gasteiger charge is -2.33. The van der Waals surface area contributed by atoms with Crippen LogP contribution in [0.25, 0.3) is 11.9 Å². The van der Waals surface area contributed by atoms with Crippen molar-refractivity contribution in [3.05, 3.63) is 52.2 Å². The van der Waals surface area contributed by atoms with Crippen LogP contribution >= 0.6 is 11.6 Å². The van der Waals surface area contributed by atoms with E-state index >= 15 is 0 Å². The Kier molecular flexibility index (Phi) is 14.7. The fraction of sp³-hybridized carbons (Fsp3) is 0.650. The monoisotopic (exact) mass is 848 g/mol. The molecule has 3 N–H and O–H groups in total. The predicted molar refractivity (Wildman–Crippen MR) is 220 cm³/mol. The molecule has 0 bridgehead atoms. The summed E-state index contributed by atoms with van der Waals surface area (Å²) >= 11 is 6.07. The molecule has 14 nitrogen and oxygen atoms in total. The molecule has 2 saturated heterocycles. The minimum Gasteiger partial charge on any atom is -0.376 e. The molecule has 0 amide bonds. The van der Waals surface area contributed by atoms with E-state index in [1.807, 2.05) is 52.8 Å². The smallest absolute Gasteiger partial charge is 0.254 e. The van der Waals surface area contributed by atoms with Gasteiger partial charge in [0.25, 0.3) is 11.9 Å². The molecule has 6 heterocycles.